The van der Waals surface area contributed by atoms with Gasteiger partial charge in [-0.3, -0.25) is 9.88 Å². The van der Waals surface area contributed by atoms with Crippen LogP contribution in [0.3, 0.4) is 0 Å². The van der Waals surface area contributed by atoms with Crippen molar-refractivity contribution in [1.82, 2.24) is 9.88 Å². The van der Waals surface area contributed by atoms with Crippen LogP contribution in [0.5, 0.6) is 0 Å². The summed E-state index contributed by atoms with van der Waals surface area (Å²) in [5, 5.41) is 0. The molecule has 4 heteroatoms. The van der Waals surface area contributed by atoms with Crippen molar-refractivity contribution in [3.05, 3.63) is 28.5 Å². The second kappa shape index (κ2) is 5.99. The third-order valence-electron chi connectivity index (χ3n) is 3.06. The summed E-state index contributed by atoms with van der Waals surface area (Å²) in [6, 6.07) is 4.13. The Labute approximate surface area is 110 Å². The number of alkyl halides is 1. The Kier molecular flexibility index (Phi) is 4.62. The van der Waals surface area contributed by atoms with E-state index in [0.717, 1.165) is 34.9 Å². The molecule has 88 valence electrons. The molecule has 0 aromatic carbocycles. The van der Waals surface area contributed by atoms with Crippen LogP contribution < -0.4 is 0 Å². The highest BCUT2D eigenvalue weighted by molar-refractivity contribution is 9.10. The standard InChI is InChI=1S/C12H16BrClN2/c13-11-1-2-12(15-7-11)9-16-6-4-10(8-16)3-5-14/h1-2,7,10H,3-6,8-9H2. The van der Waals surface area contributed by atoms with Gasteiger partial charge in [0.1, 0.15) is 0 Å². The predicted molar refractivity (Wildman–Crippen MR) is 70.7 cm³/mol. The van der Waals surface area contributed by atoms with Gasteiger partial charge in [0.25, 0.3) is 0 Å². The Balaban J connectivity index is 1.84. The van der Waals surface area contributed by atoms with E-state index in [9.17, 15) is 0 Å². The third kappa shape index (κ3) is 3.44. The highest BCUT2D eigenvalue weighted by Gasteiger charge is 2.21. The Morgan fingerprint density at radius 2 is 2.38 bits per heavy atom. The summed E-state index contributed by atoms with van der Waals surface area (Å²) in [6.45, 7) is 3.32. The first-order valence-electron chi connectivity index (χ1n) is 5.66. The molecule has 1 unspecified atom stereocenters. The van der Waals surface area contributed by atoms with Crippen molar-refractivity contribution in [2.75, 3.05) is 19.0 Å². The van der Waals surface area contributed by atoms with E-state index in [0.29, 0.717) is 0 Å². The van der Waals surface area contributed by atoms with Crippen LogP contribution in [0.2, 0.25) is 0 Å². The summed E-state index contributed by atoms with van der Waals surface area (Å²) >= 11 is 9.17. The quantitative estimate of drug-likeness (QED) is 0.794. The van der Waals surface area contributed by atoms with Crippen LogP contribution in [0.4, 0.5) is 0 Å². The molecule has 1 atom stereocenters. The monoisotopic (exact) mass is 302 g/mol. The number of aromatic nitrogens is 1. The fourth-order valence-corrected chi connectivity index (χ4v) is 2.72. The summed E-state index contributed by atoms with van der Waals surface area (Å²) < 4.78 is 1.04. The van der Waals surface area contributed by atoms with E-state index in [2.05, 4.69) is 37.9 Å². The molecule has 0 saturated carbocycles. The van der Waals surface area contributed by atoms with Gasteiger partial charge in [0.2, 0.25) is 0 Å². The lowest BCUT2D eigenvalue weighted by Crippen LogP contribution is -2.20. The summed E-state index contributed by atoms with van der Waals surface area (Å²) in [7, 11) is 0. The smallest absolute Gasteiger partial charge is 0.0544 e. The van der Waals surface area contributed by atoms with Gasteiger partial charge in [-0.25, -0.2) is 0 Å². The average molecular weight is 304 g/mol. The second-order valence-corrected chi connectivity index (χ2v) is 5.63. The molecule has 0 spiro atoms. The van der Waals surface area contributed by atoms with Crippen LogP contribution in [0.1, 0.15) is 18.5 Å². The van der Waals surface area contributed by atoms with E-state index < -0.39 is 0 Å². The Hall–Kier alpha value is -0.120. The predicted octanol–water partition coefficient (Wildman–Crippen LogP) is 3.29. The van der Waals surface area contributed by atoms with Crippen molar-refractivity contribution in [3.63, 3.8) is 0 Å². The molecule has 1 saturated heterocycles. The highest BCUT2D eigenvalue weighted by Crippen LogP contribution is 2.21. The molecule has 0 amide bonds. The molecule has 0 bridgehead atoms. The first-order valence-corrected chi connectivity index (χ1v) is 6.99. The van der Waals surface area contributed by atoms with E-state index in [1.54, 1.807) is 0 Å². The van der Waals surface area contributed by atoms with Crippen LogP contribution in [0, 0.1) is 5.92 Å². The molecule has 2 rings (SSSR count). The number of nitrogens with zero attached hydrogens (tertiary/aromatic N) is 2. The number of pyridine rings is 1. The van der Waals surface area contributed by atoms with Crippen LogP contribution in [-0.4, -0.2) is 28.9 Å². The minimum absolute atomic E-state index is 0.785. The van der Waals surface area contributed by atoms with Gasteiger partial charge in [0.05, 0.1) is 5.69 Å². The van der Waals surface area contributed by atoms with Crippen molar-refractivity contribution in [3.8, 4) is 0 Å². The molecule has 0 aliphatic carbocycles. The number of hydrogen-bond donors (Lipinski definition) is 0. The molecule has 1 aromatic rings. The van der Waals surface area contributed by atoms with Gasteiger partial charge in [-0.15, -0.1) is 11.6 Å². The van der Waals surface area contributed by atoms with Crippen LogP contribution in [0.15, 0.2) is 22.8 Å². The van der Waals surface area contributed by atoms with E-state index in [1.807, 2.05) is 6.20 Å². The average Bonchev–Trinajstić information content (AvgIpc) is 2.70. The van der Waals surface area contributed by atoms with Gasteiger partial charge in [-0.2, -0.15) is 0 Å². The van der Waals surface area contributed by atoms with Crippen molar-refractivity contribution in [1.29, 1.82) is 0 Å². The third-order valence-corrected chi connectivity index (χ3v) is 3.75. The van der Waals surface area contributed by atoms with E-state index >= 15 is 0 Å². The van der Waals surface area contributed by atoms with Crippen molar-refractivity contribution in [2.45, 2.75) is 19.4 Å². The fourth-order valence-electron chi connectivity index (χ4n) is 2.18. The van der Waals surface area contributed by atoms with Crippen molar-refractivity contribution < 1.29 is 0 Å². The lowest BCUT2D eigenvalue weighted by Gasteiger charge is -2.15. The van der Waals surface area contributed by atoms with Crippen LogP contribution >= 0.6 is 27.5 Å². The summed E-state index contributed by atoms with van der Waals surface area (Å²) in [4.78, 5) is 6.86. The van der Waals surface area contributed by atoms with Gasteiger partial charge < -0.3 is 0 Å². The van der Waals surface area contributed by atoms with Gasteiger partial charge in [0.15, 0.2) is 0 Å². The molecule has 2 heterocycles. The van der Waals surface area contributed by atoms with Crippen molar-refractivity contribution >= 4 is 27.5 Å². The summed E-state index contributed by atoms with van der Waals surface area (Å²) in [5.41, 5.74) is 1.15. The summed E-state index contributed by atoms with van der Waals surface area (Å²) in [5.74, 6) is 1.57. The lowest BCUT2D eigenvalue weighted by atomic mass is 10.1. The van der Waals surface area contributed by atoms with Crippen LogP contribution in [0.25, 0.3) is 0 Å². The largest absolute Gasteiger partial charge is 0.297 e. The molecular weight excluding hydrogens is 288 g/mol. The molecule has 1 aromatic heterocycles. The lowest BCUT2D eigenvalue weighted by molar-refractivity contribution is 0.311. The molecule has 2 nitrogen and oxygen atoms in total. The van der Waals surface area contributed by atoms with Gasteiger partial charge in [-0.1, -0.05) is 0 Å². The van der Waals surface area contributed by atoms with E-state index in [-0.39, 0.29) is 0 Å². The zero-order valence-corrected chi connectivity index (χ0v) is 11.5. The number of halogens is 2. The molecule has 0 radical (unpaired) electrons. The molecule has 1 aliphatic rings. The SMILES string of the molecule is ClCCC1CCN(Cc2ccc(Br)cn2)C1. The Bertz CT molecular complexity index is 328. The highest BCUT2D eigenvalue weighted by atomic mass is 79.9. The topological polar surface area (TPSA) is 16.1 Å². The van der Waals surface area contributed by atoms with Crippen LogP contribution in [-0.2, 0) is 6.54 Å². The minimum atomic E-state index is 0.785. The maximum atomic E-state index is 5.77. The first-order chi connectivity index (χ1) is 7.78. The van der Waals surface area contributed by atoms with Crippen molar-refractivity contribution in [2.24, 2.45) is 5.92 Å². The van der Waals surface area contributed by atoms with Gasteiger partial charge >= 0.3 is 0 Å². The number of rotatable bonds is 4. The molecule has 0 N–H and O–H groups in total. The van der Waals surface area contributed by atoms with Gasteiger partial charge in [0, 0.05) is 29.6 Å². The molecule has 16 heavy (non-hydrogen) atoms. The normalized spacial score (nSPS) is 21.5. The number of likely N-dealkylation sites (tertiary alicyclic amines) is 1. The van der Waals surface area contributed by atoms with Gasteiger partial charge in [-0.05, 0) is 53.4 Å². The summed E-state index contributed by atoms with van der Waals surface area (Å²) in [6.07, 6.45) is 4.29. The molecule has 1 aliphatic heterocycles. The molecular formula is C12H16BrClN2. The Morgan fingerprint density at radius 1 is 1.50 bits per heavy atom. The van der Waals surface area contributed by atoms with E-state index in [4.69, 9.17) is 11.6 Å². The second-order valence-electron chi connectivity index (χ2n) is 4.34. The fraction of sp³-hybridized carbons (Fsp3) is 0.583. The maximum absolute atomic E-state index is 5.77. The van der Waals surface area contributed by atoms with E-state index in [1.165, 1.54) is 19.5 Å². The maximum Gasteiger partial charge on any atom is 0.0544 e. The Morgan fingerprint density at radius 3 is 3.06 bits per heavy atom. The first kappa shape index (κ1) is 12.3. The number of hydrogen-bond acceptors (Lipinski definition) is 2. The zero-order valence-electron chi connectivity index (χ0n) is 9.20. The zero-order chi connectivity index (χ0) is 11.4. The molecule has 1 fully saturated rings. The minimum Gasteiger partial charge on any atom is -0.297 e.